The van der Waals surface area contributed by atoms with Crippen LogP contribution in [0.3, 0.4) is 0 Å². The second-order valence-electron chi connectivity index (χ2n) is 6.72. The highest BCUT2D eigenvalue weighted by atomic mass is 16.5. The van der Waals surface area contributed by atoms with Gasteiger partial charge in [0.15, 0.2) is 0 Å². The van der Waals surface area contributed by atoms with Crippen LogP contribution in [0.15, 0.2) is 24.3 Å². The summed E-state index contributed by atoms with van der Waals surface area (Å²) < 4.78 is 5.61. The summed E-state index contributed by atoms with van der Waals surface area (Å²) in [6, 6.07) is 7.36. The van der Waals surface area contributed by atoms with Crippen LogP contribution in [0.5, 0.6) is 5.75 Å². The molecule has 0 saturated heterocycles. The van der Waals surface area contributed by atoms with Gasteiger partial charge in [0.05, 0.1) is 17.7 Å². The average molecular weight is 320 g/mol. The fourth-order valence-electron chi connectivity index (χ4n) is 2.89. The molecule has 5 nitrogen and oxygen atoms in total. The zero-order valence-electron chi connectivity index (χ0n) is 14.3. The molecule has 1 aliphatic rings. The van der Waals surface area contributed by atoms with Gasteiger partial charge in [0.2, 0.25) is 0 Å². The molecule has 0 aliphatic heterocycles. The fraction of sp³-hybridized carbons (Fsp3) is 0.611. The SMILES string of the molecule is CC(C)Oc1ccc(C(C)NC(=O)NCC2(O)CCCC2)cc1. The number of aliphatic hydroxyl groups is 1. The highest BCUT2D eigenvalue weighted by Gasteiger charge is 2.31. The number of urea groups is 1. The summed E-state index contributed by atoms with van der Waals surface area (Å²) in [4.78, 5) is 12.0. The van der Waals surface area contributed by atoms with E-state index < -0.39 is 5.60 Å². The standard InChI is InChI=1S/C18H28N2O3/c1-13(2)23-16-8-6-15(7-9-16)14(3)20-17(21)19-12-18(22)10-4-5-11-18/h6-9,13-14,22H,4-5,10-12H2,1-3H3,(H2,19,20,21). The molecule has 1 aromatic carbocycles. The van der Waals surface area contributed by atoms with Crippen molar-refractivity contribution in [3.8, 4) is 5.75 Å². The number of hydrogen-bond acceptors (Lipinski definition) is 3. The molecule has 23 heavy (non-hydrogen) atoms. The summed E-state index contributed by atoms with van der Waals surface area (Å²) >= 11 is 0. The van der Waals surface area contributed by atoms with Crippen molar-refractivity contribution >= 4 is 6.03 Å². The summed E-state index contributed by atoms with van der Waals surface area (Å²) in [5.41, 5.74) is 0.284. The lowest BCUT2D eigenvalue weighted by molar-refractivity contribution is 0.0500. The summed E-state index contributed by atoms with van der Waals surface area (Å²) in [6.07, 6.45) is 3.73. The molecule has 2 rings (SSSR count). The summed E-state index contributed by atoms with van der Waals surface area (Å²) in [5.74, 6) is 0.823. The highest BCUT2D eigenvalue weighted by Crippen LogP contribution is 2.28. The quantitative estimate of drug-likeness (QED) is 0.754. The van der Waals surface area contributed by atoms with Crippen LogP contribution in [0, 0.1) is 0 Å². The molecule has 1 unspecified atom stereocenters. The average Bonchev–Trinajstić information content (AvgIpc) is 2.93. The largest absolute Gasteiger partial charge is 0.491 e. The summed E-state index contributed by atoms with van der Waals surface area (Å²) in [6.45, 7) is 6.22. The van der Waals surface area contributed by atoms with Crippen molar-refractivity contribution in [3.63, 3.8) is 0 Å². The van der Waals surface area contributed by atoms with Crippen molar-refractivity contribution in [1.82, 2.24) is 10.6 Å². The lowest BCUT2D eigenvalue weighted by atomic mass is 10.0. The Labute approximate surface area is 138 Å². The maximum absolute atomic E-state index is 12.0. The van der Waals surface area contributed by atoms with E-state index in [0.29, 0.717) is 6.54 Å². The Hall–Kier alpha value is -1.75. The Kier molecular flexibility index (Phi) is 5.88. The zero-order chi connectivity index (χ0) is 16.9. The van der Waals surface area contributed by atoms with Crippen molar-refractivity contribution < 1.29 is 14.6 Å². The highest BCUT2D eigenvalue weighted by molar-refractivity contribution is 5.74. The molecule has 0 bridgehead atoms. The van der Waals surface area contributed by atoms with Crippen LogP contribution in [0.25, 0.3) is 0 Å². The first-order chi connectivity index (χ1) is 10.9. The first kappa shape index (κ1) is 17.6. The van der Waals surface area contributed by atoms with Gasteiger partial charge in [-0.15, -0.1) is 0 Å². The van der Waals surface area contributed by atoms with Gasteiger partial charge >= 0.3 is 6.03 Å². The molecule has 1 aromatic rings. The summed E-state index contributed by atoms with van der Waals surface area (Å²) in [5, 5.41) is 15.9. The second kappa shape index (κ2) is 7.68. The first-order valence-electron chi connectivity index (χ1n) is 8.41. The molecule has 0 heterocycles. The van der Waals surface area contributed by atoms with E-state index in [9.17, 15) is 9.90 Å². The van der Waals surface area contributed by atoms with Crippen LogP contribution >= 0.6 is 0 Å². The predicted molar refractivity (Wildman–Crippen MR) is 90.6 cm³/mol. The van der Waals surface area contributed by atoms with Crippen molar-refractivity contribution in [2.45, 2.75) is 64.2 Å². The fourth-order valence-corrected chi connectivity index (χ4v) is 2.89. The van der Waals surface area contributed by atoms with E-state index in [1.165, 1.54) is 0 Å². The van der Waals surface area contributed by atoms with Gasteiger partial charge in [-0.3, -0.25) is 0 Å². The number of amides is 2. The van der Waals surface area contributed by atoms with Gasteiger partial charge in [-0.2, -0.15) is 0 Å². The minimum atomic E-state index is -0.726. The number of ether oxygens (including phenoxy) is 1. The van der Waals surface area contributed by atoms with Crippen molar-refractivity contribution in [3.05, 3.63) is 29.8 Å². The third-order valence-electron chi connectivity index (χ3n) is 4.21. The molecule has 1 aliphatic carbocycles. The van der Waals surface area contributed by atoms with Crippen molar-refractivity contribution in [2.24, 2.45) is 0 Å². The molecule has 0 radical (unpaired) electrons. The van der Waals surface area contributed by atoms with Crippen molar-refractivity contribution in [2.75, 3.05) is 6.54 Å². The van der Waals surface area contributed by atoms with Gasteiger partial charge in [0.25, 0.3) is 0 Å². The van der Waals surface area contributed by atoms with E-state index in [1.54, 1.807) is 0 Å². The molecule has 128 valence electrons. The minimum Gasteiger partial charge on any atom is -0.491 e. The lowest BCUT2D eigenvalue weighted by Gasteiger charge is -2.23. The number of benzene rings is 1. The Bertz CT molecular complexity index is 508. The number of rotatable bonds is 6. The van der Waals surface area contributed by atoms with Crippen LogP contribution in [0.4, 0.5) is 4.79 Å². The van der Waals surface area contributed by atoms with Crippen LogP contribution < -0.4 is 15.4 Å². The van der Waals surface area contributed by atoms with Crippen LogP contribution in [0.2, 0.25) is 0 Å². The Morgan fingerprint density at radius 1 is 1.22 bits per heavy atom. The number of carbonyl (C=O) groups excluding carboxylic acids is 1. The molecule has 5 heteroatoms. The van der Waals surface area contributed by atoms with E-state index in [1.807, 2.05) is 45.0 Å². The van der Waals surface area contributed by atoms with E-state index in [2.05, 4.69) is 10.6 Å². The third kappa shape index (κ3) is 5.43. The van der Waals surface area contributed by atoms with Gasteiger partial charge in [0, 0.05) is 6.54 Å². The zero-order valence-corrected chi connectivity index (χ0v) is 14.3. The third-order valence-corrected chi connectivity index (χ3v) is 4.21. The molecular weight excluding hydrogens is 292 g/mol. The molecule has 1 saturated carbocycles. The number of nitrogens with one attached hydrogen (secondary N) is 2. The normalized spacial score (nSPS) is 17.8. The number of hydrogen-bond donors (Lipinski definition) is 3. The molecule has 0 spiro atoms. The molecule has 2 amide bonds. The van der Waals surface area contributed by atoms with Gasteiger partial charge in [-0.05, 0) is 51.3 Å². The predicted octanol–water partition coefficient (Wildman–Crippen LogP) is 3.14. The van der Waals surface area contributed by atoms with Crippen LogP contribution in [-0.4, -0.2) is 29.4 Å². The van der Waals surface area contributed by atoms with Gasteiger partial charge in [-0.25, -0.2) is 4.79 Å². The van der Waals surface area contributed by atoms with Crippen molar-refractivity contribution in [1.29, 1.82) is 0 Å². The molecular formula is C18H28N2O3. The Morgan fingerprint density at radius 3 is 2.39 bits per heavy atom. The number of carbonyl (C=O) groups is 1. The van der Waals surface area contributed by atoms with Gasteiger partial charge in [-0.1, -0.05) is 25.0 Å². The maximum Gasteiger partial charge on any atom is 0.315 e. The molecule has 1 atom stereocenters. The van der Waals surface area contributed by atoms with Crippen LogP contribution in [-0.2, 0) is 0 Å². The Morgan fingerprint density at radius 2 is 1.83 bits per heavy atom. The maximum atomic E-state index is 12.0. The topological polar surface area (TPSA) is 70.6 Å². The molecule has 0 aromatic heterocycles. The van der Waals surface area contributed by atoms with Gasteiger partial charge < -0.3 is 20.5 Å². The molecule has 3 N–H and O–H groups in total. The lowest BCUT2D eigenvalue weighted by Crippen LogP contribution is -2.45. The minimum absolute atomic E-state index is 0.110. The van der Waals surface area contributed by atoms with E-state index in [-0.39, 0.29) is 18.2 Å². The first-order valence-corrected chi connectivity index (χ1v) is 8.41. The molecule has 1 fully saturated rings. The Balaban J connectivity index is 1.80. The van der Waals surface area contributed by atoms with E-state index in [4.69, 9.17) is 4.74 Å². The van der Waals surface area contributed by atoms with E-state index >= 15 is 0 Å². The smallest absolute Gasteiger partial charge is 0.315 e. The second-order valence-corrected chi connectivity index (χ2v) is 6.72. The van der Waals surface area contributed by atoms with E-state index in [0.717, 1.165) is 37.0 Å². The summed E-state index contributed by atoms with van der Waals surface area (Å²) in [7, 11) is 0. The van der Waals surface area contributed by atoms with Crippen LogP contribution in [0.1, 0.15) is 58.1 Å². The van der Waals surface area contributed by atoms with Gasteiger partial charge in [0.1, 0.15) is 5.75 Å². The monoisotopic (exact) mass is 320 g/mol.